The highest BCUT2D eigenvalue weighted by Crippen LogP contribution is 2.37. The molecule has 0 spiro atoms. The van der Waals surface area contributed by atoms with E-state index in [2.05, 4.69) is 21.2 Å². The van der Waals surface area contributed by atoms with Gasteiger partial charge in [0.2, 0.25) is 18.6 Å². The Morgan fingerprint density at radius 2 is 2.04 bits per heavy atom. The largest absolute Gasteiger partial charge is 0.454 e. The van der Waals surface area contributed by atoms with Crippen molar-refractivity contribution in [2.75, 3.05) is 18.2 Å². The van der Waals surface area contributed by atoms with Crippen molar-refractivity contribution in [1.82, 2.24) is 5.32 Å². The van der Waals surface area contributed by atoms with Gasteiger partial charge >= 0.3 is 0 Å². The number of ether oxygens (including phenoxy) is 2. The summed E-state index contributed by atoms with van der Waals surface area (Å²) < 4.78 is 25.1. The summed E-state index contributed by atoms with van der Waals surface area (Å²) in [6.45, 7) is 0.494. The molecule has 0 radical (unpaired) electrons. The molecule has 0 aromatic heterocycles. The Labute approximate surface area is 163 Å². The number of anilines is 1. The second-order valence-electron chi connectivity index (χ2n) is 6.40. The molecule has 2 aliphatic heterocycles. The Kier molecular flexibility index (Phi) is 4.73. The lowest BCUT2D eigenvalue weighted by Gasteiger charge is -2.17. The van der Waals surface area contributed by atoms with E-state index in [4.69, 9.17) is 9.47 Å². The molecule has 2 aromatic rings. The van der Waals surface area contributed by atoms with Crippen molar-refractivity contribution < 1.29 is 23.5 Å². The molecule has 6 nitrogen and oxygen atoms in total. The summed E-state index contributed by atoms with van der Waals surface area (Å²) in [5, 5.41) is 2.72. The van der Waals surface area contributed by atoms with E-state index in [0.29, 0.717) is 22.7 Å². The van der Waals surface area contributed by atoms with Gasteiger partial charge in [0.05, 0.1) is 5.92 Å². The minimum absolute atomic E-state index is 0.0683. The number of hydrogen-bond donors (Lipinski definition) is 1. The smallest absolute Gasteiger partial charge is 0.231 e. The third-order valence-electron chi connectivity index (χ3n) is 4.62. The zero-order valence-electron chi connectivity index (χ0n) is 14.2. The summed E-state index contributed by atoms with van der Waals surface area (Å²) >= 11 is 3.28. The first-order valence-corrected chi connectivity index (χ1v) is 9.22. The van der Waals surface area contributed by atoms with Crippen LogP contribution in [0.15, 0.2) is 40.9 Å². The van der Waals surface area contributed by atoms with Crippen LogP contribution < -0.4 is 19.7 Å². The van der Waals surface area contributed by atoms with Gasteiger partial charge in [-0.2, -0.15) is 0 Å². The maximum Gasteiger partial charge on any atom is 0.231 e. The predicted octanol–water partition coefficient (Wildman–Crippen LogP) is 2.99. The number of halogens is 2. The maximum atomic E-state index is 13.8. The van der Waals surface area contributed by atoms with Gasteiger partial charge in [-0.1, -0.05) is 15.9 Å². The molecule has 1 N–H and O–H groups in total. The Morgan fingerprint density at radius 3 is 2.89 bits per heavy atom. The minimum atomic E-state index is -0.488. The second-order valence-corrected chi connectivity index (χ2v) is 7.31. The molecule has 2 aromatic carbocycles. The lowest BCUT2D eigenvalue weighted by Crippen LogP contribution is -2.32. The van der Waals surface area contributed by atoms with E-state index in [9.17, 15) is 14.0 Å². The molecule has 27 heavy (non-hydrogen) atoms. The molecule has 1 fully saturated rings. The predicted molar refractivity (Wildman–Crippen MR) is 99.0 cm³/mol. The quantitative estimate of drug-likeness (QED) is 0.802. The number of hydrogen-bond acceptors (Lipinski definition) is 4. The Bertz CT molecular complexity index is 921. The van der Waals surface area contributed by atoms with Crippen molar-refractivity contribution in [2.45, 2.75) is 13.0 Å². The minimum Gasteiger partial charge on any atom is -0.454 e. The van der Waals surface area contributed by atoms with Crippen molar-refractivity contribution in [1.29, 1.82) is 0 Å². The number of amides is 2. The Morgan fingerprint density at radius 1 is 1.22 bits per heavy atom. The van der Waals surface area contributed by atoms with Gasteiger partial charge in [0.1, 0.15) is 5.82 Å². The molecule has 2 aliphatic rings. The topological polar surface area (TPSA) is 67.9 Å². The van der Waals surface area contributed by atoms with Gasteiger partial charge in [0.15, 0.2) is 11.5 Å². The van der Waals surface area contributed by atoms with Crippen LogP contribution in [-0.4, -0.2) is 25.2 Å². The Balaban J connectivity index is 1.41. The second kappa shape index (κ2) is 7.19. The summed E-state index contributed by atoms with van der Waals surface area (Å²) in [4.78, 5) is 26.4. The number of rotatable bonds is 4. The highest BCUT2D eigenvalue weighted by molar-refractivity contribution is 9.10. The SMILES string of the molecule is O=C(NCc1cc(Br)ccc1F)C1CC(=O)N(c2ccc3c(c2)OCO3)C1. The van der Waals surface area contributed by atoms with Crippen LogP contribution in [0.4, 0.5) is 10.1 Å². The van der Waals surface area contributed by atoms with Crippen molar-refractivity contribution in [2.24, 2.45) is 5.92 Å². The first-order chi connectivity index (χ1) is 13.0. The van der Waals surface area contributed by atoms with Crippen LogP contribution in [0.25, 0.3) is 0 Å². The molecule has 0 saturated carbocycles. The molecule has 2 heterocycles. The standard InChI is InChI=1S/C19H16BrFN2O4/c20-13-1-3-15(21)11(5-13)8-22-19(25)12-6-18(24)23(9-12)14-2-4-16-17(7-14)27-10-26-16/h1-5,7,12H,6,8-10H2,(H,22,25). The molecule has 2 amide bonds. The zero-order valence-corrected chi connectivity index (χ0v) is 15.8. The number of carbonyl (C=O) groups excluding carboxylic acids is 2. The van der Waals surface area contributed by atoms with Crippen LogP contribution in [0.3, 0.4) is 0 Å². The fourth-order valence-corrected chi connectivity index (χ4v) is 3.60. The molecular weight excluding hydrogens is 419 g/mol. The lowest BCUT2D eigenvalue weighted by atomic mass is 10.1. The van der Waals surface area contributed by atoms with Crippen LogP contribution in [0.5, 0.6) is 11.5 Å². The molecule has 0 bridgehead atoms. The average molecular weight is 435 g/mol. The summed E-state index contributed by atoms with van der Waals surface area (Å²) in [7, 11) is 0. The van der Waals surface area contributed by atoms with Crippen molar-refractivity contribution in [3.8, 4) is 11.5 Å². The van der Waals surface area contributed by atoms with Crippen molar-refractivity contribution in [3.05, 3.63) is 52.3 Å². The van der Waals surface area contributed by atoms with Gasteiger partial charge in [-0.05, 0) is 30.3 Å². The lowest BCUT2D eigenvalue weighted by molar-refractivity contribution is -0.126. The fraction of sp³-hybridized carbons (Fsp3) is 0.263. The molecule has 0 aliphatic carbocycles. The van der Waals surface area contributed by atoms with E-state index < -0.39 is 5.92 Å². The van der Waals surface area contributed by atoms with E-state index >= 15 is 0 Å². The number of nitrogens with zero attached hydrogens (tertiary/aromatic N) is 1. The first kappa shape index (κ1) is 17.8. The zero-order chi connectivity index (χ0) is 19.0. The monoisotopic (exact) mass is 434 g/mol. The highest BCUT2D eigenvalue weighted by atomic mass is 79.9. The van der Waals surface area contributed by atoms with Crippen molar-refractivity contribution >= 4 is 33.4 Å². The fourth-order valence-electron chi connectivity index (χ4n) is 3.19. The van der Waals surface area contributed by atoms with Crippen LogP contribution >= 0.6 is 15.9 Å². The molecular formula is C19H16BrFN2O4. The number of fused-ring (bicyclic) bond motifs is 1. The van der Waals surface area contributed by atoms with E-state index in [0.717, 1.165) is 4.47 Å². The van der Waals surface area contributed by atoms with Gasteiger partial charge in [0.25, 0.3) is 0 Å². The number of nitrogens with one attached hydrogen (secondary N) is 1. The molecule has 1 saturated heterocycles. The van der Waals surface area contributed by atoms with E-state index in [-0.39, 0.29) is 43.9 Å². The van der Waals surface area contributed by atoms with E-state index in [1.54, 1.807) is 35.2 Å². The number of benzene rings is 2. The summed E-state index contributed by atoms with van der Waals surface area (Å²) in [5.41, 5.74) is 1.05. The molecule has 8 heteroatoms. The molecule has 1 unspecified atom stereocenters. The van der Waals surface area contributed by atoms with Gasteiger partial charge in [-0.3, -0.25) is 9.59 Å². The maximum absolute atomic E-state index is 13.8. The van der Waals surface area contributed by atoms with Crippen LogP contribution in [0, 0.1) is 11.7 Å². The van der Waals surface area contributed by atoms with Crippen LogP contribution in [0.2, 0.25) is 0 Å². The third kappa shape index (κ3) is 3.62. The summed E-state index contributed by atoms with van der Waals surface area (Å²) in [6.07, 6.45) is 0.112. The summed E-state index contributed by atoms with van der Waals surface area (Å²) in [6, 6.07) is 9.80. The van der Waals surface area contributed by atoms with Crippen LogP contribution in [0.1, 0.15) is 12.0 Å². The average Bonchev–Trinajstić information content (AvgIpc) is 3.27. The van der Waals surface area contributed by atoms with Crippen molar-refractivity contribution in [3.63, 3.8) is 0 Å². The van der Waals surface area contributed by atoms with Gasteiger partial charge in [0, 0.05) is 41.3 Å². The van der Waals surface area contributed by atoms with Gasteiger partial charge in [-0.15, -0.1) is 0 Å². The number of carbonyl (C=O) groups is 2. The Hall–Kier alpha value is -2.61. The first-order valence-electron chi connectivity index (χ1n) is 8.43. The van der Waals surface area contributed by atoms with Crippen LogP contribution in [-0.2, 0) is 16.1 Å². The van der Waals surface area contributed by atoms with Gasteiger partial charge < -0.3 is 19.7 Å². The molecule has 4 rings (SSSR count). The van der Waals surface area contributed by atoms with E-state index in [1.807, 2.05) is 0 Å². The molecule has 140 valence electrons. The third-order valence-corrected chi connectivity index (χ3v) is 5.12. The summed E-state index contributed by atoms with van der Waals surface area (Å²) in [5.74, 6) is -0.0659. The highest BCUT2D eigenvalue weighted by Gasteiger charge is 2.35. The normalized spacial score (nSPS) is 18.1. The van der Waals surface area contributed by atoms with Gasteiger partial charge in [-0.25, -0.2) is 4.39 Å². The van der Waals surface area contributed by atoms with E-state index in [1.165, 1.54) is 6.07 Å². The molecule has 1 atom stereocenters.